The summed E-state index contributed by atoms with van der Waals surface area (Å²) in [5, 5.41) is 0.910. The number of hydrogen-bond donors (Lipinski definition) is 1. The highest BCUT2D eigenvalue weighted by atomic mass is 32.2. The molecule has 2 N–H and O–H groups in total. The van der Waals surface area contributed by atoms with Gasteiger partial charge in [0.2, 0.25) is 0 Å². The van der Waals surface area contributed by atoms with Crippen molar-refractivity contribution in [2.45, 2.75) is 5.75 Å². The maximum atomic E-state index is 11.3. The quantitative estimate of drug-likeness (QED) is 0.802. The summed E-state index contributed by atoms with van der Waals surface area (Å²) in [6, 6.07) is 5.54. The van der Waals surface area contributed by atoms with Crippen molar-refractivity contribution in [2.24, 2.45) is 7.05 Å². The van der Waals surface area contributed by atoms with Crippen LogP contribution in [0.4, 0.5) is 5.69 Å². The molecule has 1 aromatic heterocycles. The van der Waals surface area contributed by atoms with Crippen LogP contribution in [-0.2, 0) is 22.6 Å². The van der Waals surface area contributed by atoms with E-state index in [2.05, 4.69) is 0 Å². The second-order valence-electron chi connectivity index (χ2n) is 4.08. The highest BCUT2D eigenvalue weighted by molar-refractivity contribution is 7.89. The van der Waals surface area contributed by atoms with Gasteiger partial charge in [-0.05, 0) is 11.6 Å². The number of nitrogens with zero attached hydrogens (tertiary/aromatic N) is 1. The Morgan fingerprint density at radius 2 is 2.06 bits per heavy atom. The first-order valence-electron chi connectivity index (χ1n) is 4.88. The van der Waals surface area contributed by atoms with E-state index in [1.54, 1.807) is 0 Å². The number of fused-ring (bicyclic) bond motifs is 1. The van der Waals surface area contributed by atoms with E-state index in [1.165, 1.54) is 6.26 Å². The number of hydrogen-bond acceptors (Lipinski definition) is 3. The Hall–Kier alpha value is -1.49. The molecule has 5 heteroatoms. The fourth-order valence-corrected chi connectivity index (χ4v) is 2.77. The van der Waals surface area contributed by atoms with E-state index in [-0.39, 0.29) is 5.75 Å². The van der Waals surface area contributed by atoms with E-state index in [0.717, 1.165) is 16.5 Å². The molecule has 0 aliphatic carbocycles. The molecule has 0 amide bonds. The van der Waals surface area contributed by atoms with Crippen molar-refractivity contribution in [2.75, 3.05) is 12.0 Å². The molecular weight excluding hydrogens is 224 g/mol. The van der Waals surface area contributed by atoms with Gasteiger partial charge < -0.3 is 10.3 Å². The maximum Gasteiger partial charge on any atom is 0.151 e. The van der Waals surface area contributed by atoms with Gasteiger partial charge in [-0.25, -0.2) is 8.42 Å². The molecule has 86 valence electrons. The van der Waals surface area contributed by atoms with Crippen molar-refractivity contribution in [1.82, 2.24) is 4.57 Å². The fourth-order valence-electron chi connectivity index (χ4n) is 1.98. The molecule has 0 atom stereocenters. The van der Waals surface area contributed by atoms with Crippen molar-refractivity contribution in [3.63, 3.8) is 0 Å². The van der Waals surface area contributed by atoms with E-state index < -0.39 is 9.84 Å². The predicted molar refractivity (Wildman–Crippen MR) is 65.9 cm³/mol. The van der Waals surface area contributed by atoms with Gasteiger partial charge in [-0.2, -0.15) is 0 Å². The Bertz CT molecular complexity index is 641. The van der Waals surface area contributed by atoms with Gasteiger partial charge in [0.15, 0.2) is 9.84 Å². The van der Waals surface area contributed by atoms with Gasteiger partial charge in [0.05, 0.1) is 17.0 Å². The van der Waals surface area contributed by atoms with E-state index in [4.69, 9.17) is 5.73 Å². The van der Waals surface area contributed by atoms with Crippen LogP contribution in [0.1, 0.15) is 5.56 Å². The summed E-state index contributed by atoms with van der Waals surface area (Å²) in [4.78, 5) is 0. The number of aromatic nitrogens is 1. The van der Waals surface area contributed by atoms with Crippen LogP contribution in [0.15, 0.2) is 24.4 Å². The monoisotopic (exact) mass is 238 g/mol. The molecule has 0 aliphatic heterocycles. The lowest BCUT2D eigenvalue weighted by Gasteiger charge is -2.00. The summed E-state index contributed by atoms with van der Waals surface area (Å²) in [7, 11) is -1.16. The molecule has 0 aliphatic rings. The van der Waals surface area contributed by atoms with Crippen LogP contribution in [0.25, 0.3) is 10.9 Å². The molecule has 0 fully saturated rings. The Kier molecular flexibility index (Phi) is 2.42. The zero-order valence-electron chi connectivity index (χ0n) is 9.27. The normalized spacial score (nSPS) is 12.1. The van der Waals surface area contributed by atoms with E-state index in [9.17, 15) is 8.42 Å². The highest BCUT2D eigenvalue weighted by Crippen LogP contribution is 2.26. The number of nitrogen functional groups attached to an aromatic ring is 1. The molecule has 0 spiro atoms. The number of benzene rings is 1. The zero-order chi connectivity index (χ0) is 11.9. The van der Waals surface area contributed by atoms with Crippen molar-refractivity contribution in [1.29, 1.82) is 0 Å². The second-order valence-corrected chi connectivity index (χ2v) is 6.22. The molecular formula is C11H14N2O2S. The van der Waals surface area contributed by atoms with Crippen LogP contribution in [0.5, 0.6) is 0 Å². The standard InChI is InChI=1S/C11H14N2O2S/c1-13-6-8(7-16(2,14)15)9-4-3-5-10(12)11(9)13/h3-6H,7,12H2,1-2H3. The average Bonchev–Trinajstić information content (AvgIpc) is 2.42. The smallest absolute Gasteiger partial charge is 0.151 e. The lowest BCUT2D eigenvalue weighted by Crippen LogP contribution is -1.99. The fraction of sp³-hybridized carbons (Fsp3) is 0.273. The first-order valence-corrected chi connectivity index (χ1v) is 6.94. The first-order chi connectivity index (χ1) is 7.38. The third kappa shape index (κ3) is 1.90. The summed E-state index contributed by atoms with van der Waals surface area (Å²) in [5.41, 5.74) is 8.22. The average molecular weight is 238 g/mol. The lowest BCUT2D eigenvalue weighted by atomic mass is 10.2. The minimum atomic E-state index is -3.02. The molecule has 0 unspecified atom stereocenters. The van der Waals surface area contributed by atoms with Crippen LogP contribution in [0.2, 0.25) is 0 Å². The molecule has 16 heavy (non-hydrogen) atoms. The molecule has 1 heterocycles. The van der Waals surface area contributed by atoms with E-state index in [1.807, 2.05) is 36.0 Å². The van der Waals surface area contributed by atoms with Crippen LogP contribution in [-0.4, -0.2) is 19.2 Å². The minimum absolute atomic E-state index is 0.0494. The van der Waals surface area contributed by atoms with Gasteiger partial charge in [0, 0.05) is 24.9 Å². The van der Waals surface area contributed by atoms with Crippen LogP contribution < -0.4 is 5.73 Å². The topological polar surface area (TPSA) is 65.1 Å². The Labute approximate surface area is 94.6 Å². The van der Waals surface area contributed by atoms with Gasteiger partial charge in [-0.3, -0.25) is 0 Å². The van der Waals surface area contributed by atoms with Crippen LogP contribution in [0, 0.1) is 0 Å². The first kappa shape index (κ1) is 11.0. The van der Waals surface area contributed by atoms with Gasteiger partial charge >= 0.3 is 0 Å². The molecule has 1 aromatic carbocycles. The van der Waals surface area contributed by atoms with Gasteiger partial charge in [-0.1, -0.05) is 12.1 Å². The van der Waals surface area contributed by atoms with Gasteiger partial charge in [0.1, 0.15) is 0 Å². The molecule has 4 nitrogen and oxygen atoms in total. The van der Waals surface area contributed by atoms with Gasteiger partial charge in [-0.15, -0.1) is 0 Å². The maximum absolute atomic E-state index is 11.3. The summed E-state index contributed by atoms with van der Waals surface area (Å²) in [6.07, 6.45) is 3.06. The number of anilines is 1. The lowest BCUT2D eigenvalue weighted by molar-refractivity contribution is 0.601. The van der Waals surface area contributed by atoms with Crippen LogP contribution >= 0.6 is 0 Å². The highest BCUT2D eigenvalue weighted by Gasteiger charge is 2.12. The zero-order valence-corrected chi connectivity index (χ0v) is 10.1. The molecule has 2 rings (SSSR count). The number of aryl methyl sites for hydroxylation is 1. The molecule has 0 saturated carbocycles. The van der Waals surface area contributed by atoms with Crippen molar-refractivity contribution < 1.29 is 8.42 Å². The minimum Gasteiger partial charge on any atom is -0.397 e. The Morgan fingerprint density at radius 3 is 2.69 bits per heavy atom. The van der Waals surface area contributed by atoms with Crippen molar-refractivity contribution >= 4 is 26.4 Å². The Morgan fingerprint density at radius 1 is 1.38 bits per heavy atom. The number of rotatable bonds is 2. The molecule has 0 radical (unpaired) electrons. The van der Waals surface area contributed by atoms with E-state index in [0.29, 0.717) is 5.69 Å². The predicted octanol–water partition coefficient (Wildman–Crippen LogP) is 1.31. The number of sulfone groups is 1. The SMILES string of the molecule is Cn1cc(CS(C)(=O)=O)c2cccc(N)c21. The summed E-state index contributed by atoms with van der Waals surface area (Å²) in [5.74, 6) is 0.0494. The molecule has 0 saturated heterocycles. The Balaban J connectivity index is 2.69. The summed E-state index contributed by atoms with van der Waals surface area (Å²) >= 11 is 0. The van der Waals surface area contributed by atoms with Crippen molar-refractivity contribution in [3.8, 4) is 0 Å². The third-order valence-corrected chi connectivity index (χ3v) is 3.37. The number of nitrogens with two attached hydrogens (primary N) is 1. The largest absolute Gasteiger partial charge is 0.397 e. The van der Waals surface area contributed by atoms with Gasteiger partial charge in [0.25, 0.3) is 0 Å². The molecule has 2 aromatic rings. The summed E-state index contributed by atoms with van der Waals surface area (Å²) < 4.78 is 24.5. The van der Waals surface area contributed by atoms with E-state index >= 15 is 0 Å². The second kappa shape index (κ2) is 3.52. The summed E-state index contributed by atoms with van der Waals surface area (Å²) in [6.45, 7) is 0. The third-order valence-electron chi connectivity index (χ3n) is 2.53. The number of para-hydroxylation sites is 1. The van der Waals surface area contributed by atoms with Crippen molar-refractivity contribution in [3.05, 3.63) is 30.0 Å². The van der Waals surface area contributed by atoms with Crippen LogP contribution in [0.3, 0.4) is 0 Å². The molecule has 0 bridgehead atoms.